The summed E-state index contributed by atoms with van der Waals surface area (Å²) in [6.07, 6.45) is 2.72. The van der Waals surface area contributed by atoms with Crippen LogP contribution in [0.3, 0.4) is 0 Å². The number of likely N-dealkylation sites (tertiary alicyclic amines) is 1. The number of benzene rings is 1. The van der Waals surface area contributed by atoms with Crippen LogP contribution in [0.2, 0.25) is 0 Å². The molecule has 0 aromatic heterocycles. The minimum Gasteiger partial charge on any atom is -0.464 e. The van der Waals surface area contributed by atoms with Crippen LogP contribution < -0.4 is 5.32 Å². The quantitative estimate of drug-likeness (QED) is 0.821. The van der Waals surface area contributed by atoms with Crippen molar-refractivity contribution in [2.24, 2.45) is 0 Å². The van der Waals surface area contributed by atoms with E-state index in [-0.39, 0.29) is 11.9 Å². The average Bonchev–Trinajstić information content (AvgIpc) is 2.50. The molecule has 1 N–H and O–H groups in total. The summed E-state index contributed by atoms with van der Waals surface area (Å²) in [4.78, 5) is 25.4. The van der Waals surface area contributed by atoms with E-state index in [1.807, 2.05) is 29.2 Å². The third kappa shape index (κ3) is 4.48. The second-order valence-electron chi connectivity index (χ2n) is 5.59. The third-order valence-corrected chi connectivity index (χ3v) is 3.75. The SMILES string of the molecule is CCOC(=O)C(C)Nc1cccc(CN2CCCCC2=O)c1. The molecule has 22 heavy (non-hydrogen) atoms. The zero-order valence-corrected chi connectivity index (χ0v) is 13.3. The molecule has 0 saturated carbocycles. The molecule has 1 fully saturated rings. The Hall–Kier alpha value is -2.04. The summed E-state index contributed by atoms with van der Waals surface area (Å²) in [5.41, 5.74) is 1.93. The average molecular weight is 304 g/mol. The van der Waals surface area contributed by atoms with Gasteiger partial charge in [0.05, 0.1) is 6.61 Å². The lowest BCUT2D eigenvalue weighted by Gasteiger charge is -2.27. The van der Waals surface area contributed by atoms with Crippen LogP contribution in [0.5, 0.6) is 0 Å². The summed E-state index contributed by atoms with van der Waals surface area (Å²) >= 11 is 0. The number of nitrogens with zero attached hydrogens (tertiary/aromatic N) is 1. The Kier molecular flexibility index (Phi) is 5.81. The Labute approximate surface area is 131 Å². The first-order valence-corrected chi connectivity index (χ1v) is 7.90. The van der Waals surface area contributed by atoms with Gasteiger partial charge in [-0.2, -0.15) is 0 Å². The van der Waals surface area contributed by atoms with Gasteiger partial charge in [0, 0.05) is 25.2 Å². The van der Waals surface area contributed by atoms with Crippen molar-refractivity contribution in [1.29, 1.82) is 0 Å². The number of anilines is 1. The van der Waals surface area contributed by atoms with Gasteiger partial charge in [0.15, 0.2) is 0 Å². The van der Waals surface area contributed by atoms with E-state index in [9.17, 15) is 9.59 Å². The fraction of sp³-hybridized carbons (Fsp3) is 0.529. The maximum absolute atomic E-state index is 11.9. The van der Waals surface area contributed by atoms with Crippen LogP contribution in [0.1, 0.15) is 38.7 Å². The lowest BCUT2D eigenvalue weighted by Crippen LogP contribution is -2.34. The number of piperidine rings is 1. The first-order chi connectivity index (χ1) is 10.6. The van der Waals surface area contributed by atoms with Gasteiger partial charge in [0.25, 0.3) is 0 Å². The number of nitrogens with one attached hydrogen (secondary N) is 1. The monoisotopic (exact) mass is 304 g/mol. The summed E-state index contributed by atoms with van der Waals surface area (Å²) in [6.45, 7) is 5.40. The topological polar surface area (TPSA) is 58.6 Å². The highest BCUT2D eigenvalue weighted by atomic mass is 16.5. The minimum atomic E-state index is -0.396. The molecule has 1 saturated heterocycles. The van der Waals surface area contributed by atoms with Gasteiger partial charge >= 0.3 is 5.97 Å². The minimum absolute atomic E-state index is 0.226. The predicted molar refractivity (Wildman–Crippen MR) is 85.4 cm³/mol. The van der Waals surface area contributed by atoms with E-state index in [4.69, 9.17) is 4.74 Å². The fourth-order valence-electron chi connectivity index (χ4n) is 2.58. The molecule has 5 nitrogen and oxygen atoms in total. The van der Waals surface area contributed by atoms with Gasteiger partial charge in [-0.25, -0.2) is 4.79 Å². The first-order valence-electron chi connectivity index (χ1n) is 7.90. The van der Waals surface area contributed by atoms with E-state index >= 15 is 0 Å². The third-order valence-electron chi connectivity index (χ3n) is 3.75. The van der Waals surface area contributed by atoms with Crippen molar-refractivity contribution in [2.75, 3.05) is 18.5 Å². The second kappa shape index (κ2) is 7.82. The van der Waals surface area contributed by atoms with Crippen LogP contribution in [0.4, 0.5) is 5.69 Å². The molecule has 1 atom stereocenters. The van der Waals surface area contributed by atoms with Gasteiger partial charge in [-0.1, -0.05) is 12.1 Å². The number of carbonyl (C=O) groups is 2. The molecule has 1 amide bonds. The molecule has 5 heteroatoms. The number of rotatable bonds is 6. The van der Waals surface area contributed by atoms with E-state index < -0.39 is 6.04 Å². The molecule has 0 bridgehead atoms. The molecule has 1 unspecified atom stereocenters. The molecular formula is C17H24N2O3. The second-order valence-corrected chi connectivity index (χ2v) is 5.59. The highest BCUT2D eigenvalue weighted by molar-refractivity contribution is 5.79. The van der Waals surface area contributed by atoms with Crippen LogP contribution in [-0.2, 0) is 20.9 Å². The van der Waals surface area contributed by atoms with Gasteiger partial charge in [0.1, 0.15) is 6.04 Å². The van der Waals surface area contributed by atoms with Crippen molar-refractivity contribution in [3.63, 3.8) is 0 Å². The normalized spacial score (nSPS) is 16.3. The molecule has 120 valence electrons. The summed E-state index contributed by atoms with van der Waals surface area (Å²) in [5.74, 6) is -0.0383. The zero-order chi connectivity index (χ0) is 15.9. The number of hydrogen-bond acceptors (Lipinski definition) is 4. The van der Waals surface area contributed by atoms with E-state index in [1.54, 1.807) is 13.8 Å². The highest BCUT2D eigenvalue weighted by Crippen LogP contribution is 2.17. The predicted octanol–water partition coefficient (Wildman–Crippen LogP) is 2.56. The Morgan fingerprint density at radius 2 is 2.23 bits per heavy atom. The van der Waals surface area contributed by atoms with E-state index in [0.717, 1.165) is 30.6 Å². The van der Waals surface area contributed by atoms with E-state index in [2.05, 4.69) is 5.32 Å². The van der Waals surface area contributed by atoms with Crippen LogP contribution in [0, 0.1) is 0 Å². The lowest BCUT2D eigenvalue weighted by molar-refractivity contribution is -0.143. The molecular weight excluding hydrogens is 280 g/mol. The summed E-state index contributed by atoms with van der Waals surface area (Å²) in [5, 5.41) is 3.14. The van der Waals surface area contributed by atoms with Gasteiger partial charge < -0.3 is 15.0 Å². The molecule has 1 aromatic carbocycles. The van der Waals surface area contributed by atoms with Crippen molar-refractivity contribution in [2.45, 2.75) is 45.7 Å². The standard InChI is InChI=1S/C17H24N2O3/c1-3-22-17(21)13(2)18-15-8-6-7-14(11-15)12-19-10-5-4-9-16(19)20/h6-8,11,13,18H,3-5,9-10,12H2,1-2H3. The first kappa shape index (κ1) is 16.3. The summed E-state index contributed by atoms with van der Waals surface area (Å²) in [6, 6.07) is 7.44. The van der Waals surface area contributed by atoms with Crippen molar-refractivity contribution in [3.8, 4) is 0 Å². The molecule has 0 radical (unpaired) electrons. The molecule has 2 rings (SSSR count). The Bertz CT molecular complexity index is 530. The zero-order valence-electron chi connectivity index (χ0n) is 13.3. The molecule has 1 aromatic rings. The van der Waals surface area contributed by atoms with Crippen LogP contribution in [0.25, 0.3) is 0 Å². The maximum atomic E-state index is 11.9. The smallest absolute Gasteiger partial charge is 0.328 e. The van der Waals surface area contributed by atoms with Crippen molar-refractivity contribution in [1.82, 2.24) is 4.90 Å². The largest absolute Gasteiger partial charge is 0.464 e. The number of ether oxygens (including phenoxy) is 1. The van der Waals surface area contributed by atoms with Crippen LogP contribution >= 0.6 is 0 Å². The Morgan fingerprint density at radius 1 is 1.41 bits per heavy atom. The number of esters is 1. The molecule has 1 aliphatic rings. The van der Waals surface area contributed by atoms with Crippen LogP contribution in [-0.4, -0.2) is 36.0 Å². The molecule has 1 aliphatic heterocycles. The summed E-state index contributed by atoms with van der Waals surface area (Å²) < 4.78 is 4.99. The van der Waals surface area contributed by atoms with Gasteiger partial charge in [-0.05, 0) is 44.4 Å². The van der Waals surface area contributed by atoms with Crippen molar-refractivity contribution in [3.05, 3.63) is 29.8 Å². The number of amides is 1. The van der Waals surface area contributed by atoms with Gasteiger partial charge in [-0.3, -0.25) is 4.79 Å². The lowest BCUT2D eigenvalue weighted by atomic mass is 10.1. The van der Waals surface area contributed by atoms with E-state index in [1.165, 1.54) is 0 Å². The molecule has 0 aliphatic carbocycles. The van der Waals surface area contributed by atoms with Crippen molar-refractivity contribution >= 4 is 17.6 Å². The molecule has 1 heterocycles. The van der Waals surface area contributed by atoms with Crippen LogP contribution in [0.15, 0.2) is 24.3 Å². The maximum Gasteiger partial charge on any atom is 0.328 e. The summed E-state index contributed by atoms with van der Waals surface area (Å²) in [7, 11) is 0. The molecule has 0 spiro atoms. The Morgan fingerprint density at radius 3 is 2.95 bits per heavy atom. The van der Waals surface area contributed by atoms with Gasteiger partial charge in [0.2, 0.25) is 5.91 Å². The Balaban J connectivity index is 1.97. The van der Waals surface area contributed by atoms with Gasteiger partial charge in [-0.15, -0.1) is 0 Å². The van der Waals surface area contributed by atoms with E-state index in [0.29, 0.717) is 19.6 Å². The fourth-order valence-corrected chi connectivity index (χ4v) is 2.58. The number of carbonyl (C=O) groups excluding carboxylic acids is 2. The highest BCUT2D eigenvalue weighted by Gasteiger charge is 2.18. The van der Waals surface area contributed by atoms with Crippen molar-refractivity contribution < 1.29 is 14.3 Å². The number of hydrogen-bond donors (Lipinski definition) is 1.